The molecule has 0 bridgehead atoms. The van der Waals surface area contributed by atoms with E-state index < -0.39 is 0 Å². The number of hydrogen-bond acceptors (Lipinski definition) is 4. The lowest BCUT2D eigenvalue weighted by atomic mass is 10.1. The zero-order chi connectivity index (χ0) is 21.5. The first-order valence-electron chi connectivity index (χ1n) is 10.9. The largest absolute Gasteiger partial charge is 0.497 e. The van der Waals surface area contributed by atoms with E-state index in [2.05, 4.69) is 47.4 Å². The predicted molar refractivity (Wildman–Crippen MR) is 124 cm³/mol. The zero-order valence-corrected chi connectivity index (χ0v) is 18.1. The molecule has 4 rings (SSSR count). The zero-order valence-electron chi connectivity index (χ0n) is 18.1. The fourth-order valence-corrected chi connectivity index (χ4v) is 3.97. The lowest BCUT2D eigenvalue weighted by Crippen LogP contribution is -2.49. The number of rotatable bonds is 8. The van der Waals surface area contributed by atoms with E-state index in [1.54, 1.807) is 7.11 Å². The van der Waals surface area contributed by atoms with Gasteiger partial charge in [-0.3, -0.25) is 9.69 Å². The lowest BCUT2D eigenvalue weighted by molar-refractivity contribution is 0.0555. The minimum Gasteiger partial charge on any atom is -0.497 e. The highest BCUT2D eigenvalue weighted by Gasteiger charge is 2.21. The molecule has 0 unspecified atom stereocenters. The Labute approximate surface area is 184 Å². The van der Waals surface area contributed by atoms with Gasteiger partial charge in [-0.25, -0.2) is 0 Å². The number of carbonyl (C=O) groups excluding carboxylic acids is 1. The monoisotopic (exact) mass is 418 g/mol. The van der Waals surface area contributed by atoms with Crippen molar-refractivity contribution in [3.05, 3.63) is 77.9 Å². The molecule has 5 nitrogen and oxygen atoms in total. The van der Waals surface area contributed by atoms with Gasteiger partial charge in [0.1, 0.15) is 5.75 Å². The van der Waals surface area contributed by atoms with Crippen LogP contribution in [0, 0.1) is 0 Å². The first-order chi connectivity index (χ1) is 15.2. The molecule has 31 heavy (non-hydrogen) atoms. The van der Waals surface area contributed by atoms with Gasteiger partial charge >= 0.3 is 0 Å². The summed E-state index contributed by atoms with van der Waals surface area (Å²) in [5.74, 6) is 0.857. The Morgan fingerprint density at radius 2 is 1.61 bits per heavy atom. The minimum atomic E-state index is 0.0916. The van der Waals surface area contributed by atoms with Crippen LogP contribution in [-0.2, 0) is 11.2 Å². The van der Waals surface area contributed by atoms with Gasteiger partial charge in [-0.2, -0.15) is 0 Å². The summed E-state index contributed by atoms with van der Waals surface area (Å²) in [6.45, 7) is 5.63. The van der Waals surface area contributed by atoms with E-state index in [0.29, 0.717) is 5.56 Å². The summed E-state index contributed by atoms with van der Waals surface area (Å²) in [5, 5.41) is 2.55. The fourth-order valence-electron chi connectivity index (χ4n) is 3.97. The number of piperazine rings is 1. The van der Waals surface area contributed by atoms with E-state index in [1.807, 2.05) is 29.2 Å². The lowest BCUT2D eigenvalue weighted by Gasteiger charge is -2.34. The van der Waals surface area contributed by atoms with Crippen LogP contribution in [0.25, 0.3) is 10.8 Å². The van der Waals surface area contributed by atoms with E-state index in [0.717, 1.165) is 58.1 Å². The van der Waals surface area contributed by atoms with E-state index in [-0.39, 0.29) is 5.91 Å². The highest BCUT2D eigenvalue weighted by molar-refractivity contribution is 5.94. The van der Waals surface area contributed by atoms with Crippen molar-refractivity contribution in [3.63, 3.8) is 0 Å². The van der Waals surface area contributed by atoms with Crippen molar-refractivity contribution < 1.29 is 14.3 Å². The molecule has 5 heteroatoms. The number of ether oxygens (including phenoxy) is 2. The van der Waals surface area contributed by atoms with Crippen molar-refractivity contribution in [2.45, 2.75) is 6.42 Å². The van der Waals surface area contributed by atoms with Gasteiger partial charge in [0.2, 0.25) is 0 Å². The topological polar surface area (TPSA) is 42.0 Å². The minimum absolute atomic E-state index is 0.0916. The smallest absolute Gasteiger partial charge is 0.253 e. The second-order valence-electron chi connectivity index (χ2n) is 7.91. The highest BCUT2D eigenvalue weighted by atomic mass is 16.5. The van der Waals surface area contributed by atoms with Gasteiger partial charge in [0.05, 0.1) is 20.3 Å². The van der Waals surface area contributed by atoms with Crippen molar-refractivity contribution in [1.29, 1.82) is 0 Å². The van der Waals surface area contributed by atoms with Crippen LogP contribution in [0.5, 0.6) is 5.75 Å². The Kier molecular flexibility index (Phi) is 7.18. The SMILES string of the molecule is COc1ccc(C(=O)N2CCN(CCOCCc3ccc4ccccc4c3)CC2)cc1. The van der Waals surface area contributed by atoms with Crippen LogP contribution in [-0.4, -0.2) is 68.8 Å². The molecular weight excluding hydrogens is 388 g/mol. The molecule has 1 aliphatic heterocycles. The van der Waals surface area contributed by atoms with Crippen LogP contribution < -0.4 is 4.74 Å². The second kappa shape index (κ2) is 10.4. The third-order valence-corrected chi connectivity index (χ3v) is 5.90. The molecule has 1 saturated heterocycles. The number of amides is 1. The number of fused-ring (bicyclic) bond motifs is 1. The number of methoxy groups -OCH3 is 1. The molecule has 3 aromatic carbocycles. The van der Waals surface area contributed by atoms with Gasteiger partial charge in [-0.15, -0.1) is 0 Å². The fraction of sp³-hybridized carbons (Fsp3) is 0.346. The molecule has 0 spiro atoms. The summed E-state index contributed by atoms with van der Waals surface area (Å²) in [7, 11) is 1.63. The molecule has 0 saturated carbocycles. The number of benzene rings is 3. The average molecular weight is 419 g/mol. The molecule has 0 radical (unpaired) electrons. The van der Waals surface area contributed by atoms with Crippen molar-refractivity contribution in [3.8, 4) is 5.75 Å². The maximum absolute atomic E-state index is 12.7. The molecule has 0 N–H and O–H groups in total. The molecular formula is C26H30N2O3. The van der Waals surface area contributed by atoms with Crippen molar-refractivity contribution in [2.75, 3.05) is 53.0 Å². The van der Waals surface area contributed by atoms with E-state index in [1.165, 1.54) is 16.3 Å². The van der Waals surface area contributed by atoms with Crippen molar-refractivity contribution >= 4 is 16.7 Å². The van der Waals surface area contributed by atoms with Crippen molar-refractivity contribution in [1.82, 2.24) is 9.80 Å². The van der Waals surface area contributed by atoms with Gasteiger partial charge < -0.3 is 14.4 Å². The summed E-state index contributed by atoms with van der Waals surface area (Å²) >= 11 is 0. The van der Waals surface area contributed by atoms with Crippen LogP contribution in [0.15, 0.2) is 66.7 Å². The van der Waals surface area contributed by atoms with Crippen LogP contribution in [0.4, 0.5) is 0 Å². The third kappa shape index (κ3) is 5.63. The van der Waals surface area contributed by atoms with Crippen LogP contribution in [0.2, 0.25) is 0 Å². The van der Waals surface area contributed by atoms with Crippen LogP contribution in [0.3, 0.4) is 0 Å². The summed E-state index contributed by atoms with van der Waals surface area (Å²) < 4.78 is 11.0. The molecule has 162 valence electrons. The summed E-state index contributed by atoms with van der Waals surface area (Å²) in [6.07, 6.45) is 0.926. The first kappa shape index (κ1) is 21.3. The molecule has 0 aromatic heterocycles. The number of nitrogens with zero attached hydrogens (tertiary/aromatic N) is 2. The van der Waals surface area contributed by atoms with Crippen LogP contribution in [0.1, 0.15) is 15.9 Å². The third-order valence-electron chi connectivity index (χ3n) is 5.90. The van der Waals surface area contributed by atoms with Crippen molar-refractivity contribution in [2.24, 2.45) is 0 Å². The van der Waals surface area contributed by atoms with E-state index in [9.17, 15) is 4.79 Å². The summed E-state index contributed by atoms with van der Waals surface area (Å²) in [6, 6.07) is 22.4. The molecule has 0 atom stereocenters. The number of carbonyl (C=O) groups is 1. The average Bonchev–Trinajstić information content (AvgIpc) is 2.84. The second-order valence-corrected chi connectivity index (χ2v) is 7.91. The maximum Gasteiger partial charge on any atom is 0.253 e. The molecule has 1 amide bonds. The Balaban J connectivity index is 1.14. The molecule has 3 aromatic rings. The molecule has 1 fully saturated rings. The van der Waals surface area contributed by atoms with E-state index in [4.69, 9.17) is 9.47 Å². The molecule has 1 aliphatic rings. The quantitative estimate of drug-likeness (QED) is 0.521. The Hall–Kier alpha value is -2.89. The maximum atomic E-state index is 12.7. The standard InChI is InChI=1S/C26H30N2O3/c1-30-25-10-8-23(9-11-25)26(29)28-15-13-27(14-16-28)17-19-31-18-12-21-6-7-22-4-2-3-5-24(22)20-21/h2-11,20H,12-19H2,1H3. The molecule has 0 aliphatic carbocycles. The van der Waals surface area contributed by atoms with Gasteiger partial charge in [0, 0.05) is 38.3 Å². The Morgan fingerprint density at radius 3 is 2.35 bits per heavy atom. The summed E-state index contributed by atoms with van der Waals surface area (Å²) in [4.78, 5) is 17.0. The van der Waals surface area contributed by atoms with Gasteiger partial charge in [-0.05, 0) is 47.0 Å². The Bertz CT molecular complexity index is 995. The van der Waals surface area contributed by atoms with Gasteiger partial charge in [0.25, 0.3) is 5.91 Å². The van der Waals surface area contributed by atoms with Crippen LogP contribution >= 0.6 is 0 Å². The molecule has 1 heterocycles. The normalized spacial score (nSPS) is 14.7. The predicted octanol–water partition coefficient (Wildman–Crippen LogP) is 3.87. The van der Waals surface area contributed by atoms with Gasteiger partial charge in [-0.1, -0.05) is 42.5 Å². The summed E-state index contributed by atoms with van der Waals surface area (Å²) in [5.41, 5.74) is 2.02. The highest BCUT2D eigenvalue weighted by Crippen LogP contribution is 2.16. The Morgan fingerprint density at radius 1 is 0.871 bits per heavy atom. The number of hydrogen-bond donors (Lipinski definition) is 0. The first-order valence-corrected chi connectivity index (χ1v) is 10.9. The van der Waals surface area contributed by atoms with E-state index >= 15 is 0 Å². The van der Waals surface area contributed by atoms with Gasteiger partial charge in [0.15, 0.2) is 0 Å².